The van der Waals surface area contributed by atoms with Gasteiger partial charge in [-0.15, -0.1) is 0 Å². The molecule has 0 aliphatic heterocycles. The number of aromatic nitrogens is 5. The lowest BCUT2D eigenvalue weighted by molar-refractivity contribution is 0.617. The summed E-state index contributed by atoms with van der Waals surface area (Å²) in [7, 11) is 1.98. The molecule has 0 radical (unpaired) electrons. The average Bonchev–Trinajstić information content (AvgIpc) is 3.01. The number of nitrogens with one attached hydrogen (secondary N) is 1. The van der Waals surface area contributed by atoms with E-state index < -0.39 is 0 Å². The van der Waals surface area contributed by atoms with Crippen molar-refractivity contribution in [1.82, 2.24) is 24.1 Å². The first-order valence-corrected chi connectivity index (χ1v) is 6.22. The third kappa shape index (κ3) is 2.29. The topological polar surface area (TPSA) is 60.6 Å². The molecule has 3 rings (SSSR count). The molecule has 0 saturated heterocycles. The molecule has 0 spiro atoms. The zero-order valence-electron chi connectivity index (χ0n) is 11.0. The quantitative estimate of drug-likeness (QED) is 0.771. The molecule has 0 amide bonds. The Morgan fingerprint density at radius 2 is 2.16 bits per heavy atom. The summed E-state index contributed by atoms with van der Waals surface area (Å²) in [5.74, 6) is 0.825. The highest BCUT2D eigenvalue weighted by Gasteiger charge is 2.09. The van der Waals surface area contributed by atoms with Crippen LogP contribution in [0.5, 0.6) is 0 Å². The number of rotatable bonds is 4. The predicted octanol–water partition coefficient (Wildman–Crippen LogP) is 1.67. The Bertz CT molecular complexity index is 670. The van der Waals surface area contributed by atoms with Gasteiger partial charge < -0.3 is 14.5 Å². The van der Waals surface area contributed by atoms with Crippen LogP contribution in [0.2, 0.25) is 0 Å². The van der Waals surface area contributed by atoms with Crippen molar-refractivity contribution in [1.29, 1.82) is 0 Å². The minimum atomic E-state index is 0.245. The summed E-state index contributed by atoms with van der Waals surface area (Å²) in [5, 5.41) is 3.40. The molecule has 3 aromatic heterocycles. The second-order valence-corrected chi connectivity index (χ2v) is 4.69. The smallest absolute Gasteiger partial charge is 0.154 e. The molecule has 3 aromatic rings. The molecule has 6 nitrogen and oxygen atoms in total. The minimum Gasteiger partial charge on any atom is -0.364 e. The fraction of sp³-hybridized carbons (Fsp3) is 0.308. The Kier molecular flexibility index (Phi) is 2.91. The van der Waals surface area contributed by atoms with Crippen LogP contribution in [0.3, 0.4) is 0 Å². The van der Waals surface area contributed by atoms with Gasteiger partial charge in [0.05, 0.1) is 18.2 Å². The lowest BCUT2D eigenvalue weighted by atomic mass is 10.3. The Morgan fingerprint density at radius 3 is 2.95 bits per heavy atom. The van der Waals surface area contributed by atoms with Crippen molar-refractivity contribution >= 4 is 16.9 Å². The summed E-state index contributed by atoms with van der Waals surface area (Å²) in [4.78, 5) is 12.8. The van der Waals surface area contributed by atoms with Gasteiger partial charge in [0.25, 0.3) is 0 Å². The number of nitrogens with zero attached hydrogens (tertiary/aromatic N) is 5. The first-order valence-electron chi connectivity index (χ1n) is 6.22. The number of fused-ring (bicyclic) bond motifs is 1. The zero-order chi connectivity index (χ0) is 13.2. The normalized spacial score (nSPS) is 12.7. The van der Waals surface area contributed by atoms with E-state index in [0.717, 1.165) is 23.4 Å². The predicted molar refractivity (Wildman–Crippen MR) is 73.8 cm³/mol. The Hall–Kier alpha value is -2.37. The highest BCUT2D eigenvalue weighted by atomic mass is 15.1. The molecule has 0 saturated carbocycles. The van der Waals surface area contributed by atoms with Crippen LogP contribution in [0.15, 0.2) is 37.3 Å². The van der Waals surface area contributed by atoms with Crippen molar-refractivity contribution in [3.8, 4) is 0 Å². The van der Waals surface area contributed by atoms with E-state index in [9.17, 15) is 0 Å². The largest absolute Gasteiger partial charge is 0.364 e. The lowest BCUT2D eigenvalue weighted by Gasteiger charge is -2.15. The van der Waals surface area contributed by atoms with Gasteiger partial charge in [0.2, 0.25) is 0 Å². The summed E-state index contributed by atoms with van der Waals surface area (Å²) in [6, 6.07) is 2.21. The average molecular weight is 256 g/mol. The molecule has 0 aromatic carbocycles. The molecule has 98 valence electrons. The number of pyridine rings is 1. The van der Waals surface area contributed by atoms with E-state index in [1.54, 1.807) is 18.7 Å². The molecule has 6 heteroatoms. The van der Waals surface area contributed by atoms with Gasteiger partial charge in [-0.3, -0.25) is 0 Å². The second kappa shape index (κ2) is 4.72. The fourth-order valence-corrected chi connectivity index (χ4v) is 2.16. The van der Waals surface area contributed by atoms with Crippen molar-refractivity contribution in [2.24, 2.45) is 7.05 Å². The van der Waals surface area contributed by atoms with Crippen LogP contribution in [0.4, 0.5) is 5.82 Å². The Balaban J connectivity index is 1.81. The zero-order valence-corrected chi connectivity index (χ0v) is 11.0. The summed E-state index contributed by atoms with van der Waals surface area (Å²) in [5.41, 5.74) is 1.98. The second-order valence-electron chi connectivity index (χ2n) is 4.69. The van der Waals surface area contributed by atoms with Crippen LogP contribution >= 0.6 is 0 Å². The van der Waals surface area contributed by atoms with Crippen LogP contribution in [0.25, 0.3) is 11.0 Å². The highest BCUT2D eigenvalue weighted by Crippen LogP contribution is 2.19. The van der Waals surface area contributed by atoms with E-state index >= 15 is 0 Å². The molecule has 1 N–H and O–H groups in total. The van der Waals surface area contributed by atoms with Crippen molar-refractivity contribution in [3.63, 3.8) is 0 Å². The summed E-state index contributed by atoms with van der Waals surface area (Å²) in [6.45, 7) is 2.95. The maximum absolute atomic E-state index is 4.39. The van der Waals surface area contributed by atoms with E-state index in [0.29, 0.717) is 0 Å². The highest BCUT2D eigenvalue weighted by molar-refractivity contribution is 5.85. The fourth-order valence-electron chi connectivity index (χ4n) is 2.16. The van der Waals surface area contributed by atoms with Crippen LogP contribution in [0, 0.1) is 0 Å². The van der Waals surface area contributed by atoms with Crippen LogP contribution in [-0.4, -0.2) is 30.1 Å². The van der Waals surface area contributed by atoms with E-state index in [-0.39, 0.29) is 6.04 Å². The molecule has 1 unspecified atom stereocenters. The number of imidazole rings is 2. The van der Waals surface area contributed by atoms with Crippen molar-refractivity contribution in [3.05, 3.63) is 37.3 Å². The molecule has 0 aliphatic carbocycles. The third-order valence-corrected chi connectivity index (χ3v) is 3.07. The molecule has 0 aliphatic rings. The van der Waals surface area contributed by atoms with Crippen molar-refractivity contribution in [2.45, 2.75) is 19.5 Å². The first-order chi connectivity index (χ1) is 9.24. The SMILES string of the molecule is CC(Cn1ccnc1)Nc1nccc2c1ncn2C. The molecular formula is C13H16N6. The van der Waals surface area contributed by atoms with Gasteiger partial charge in [0.1, 0.15) is 5.52 Å². The van der Waals surface area contributed by atoms with Crippen LogP contribution in [-0.2, 0) is 13.6 Å². The number of anilines is 1. The van der Waals surface area contributed by atoms with Gasteiger partial charge in [-0.25, -0.2) is 15.0 Å². The molecule has 0 bridgehead atoms. The maximum Gasteiger partial charge on any atom is 0.154 e. The van der Waals surface area contributed by atoms with E-state index in [1.165, 1.54) is 0 Å². The molecule has 1 atom stereocenters. The third-order valence-electron chi connectivity index (χ3n) is 3.07. The minimum absolute atomic E-state index is 0.245. The standard InChI is InChI=1S/C13H16N6/c1-10(7-19-6-5-14-8-19)17-13-12-11(3-4-15-13)18(2)9-16-12/h3-6,8-10H,7H2,1-2H3,(H,15,17). The lowest BCUT2D eigenvalue weighted by Crippen LogP contribution is -2.22. The molecular weight excluding hydrogens is 240 g/mol. The summed E-state index contributed by atoms with van der Waals surface area (Å²) in [6.07, 6.45) is 9.15. The summed E-state index contributed by atoms with van der Waals surface area (Å²) >= 11 is 0. The van der Waals surface area contributed by atoms with Gasteiger partial charge in [-0.05, 0) is 13.0 Å². The number of aryl methyl sites for hydroxylation is 1. The van der Waals surface area contributed by atoms with Crippen molar-refractivity contribution in [2.75, 3.05) is 5.32 Å². The van der Waals surface area contributed by atoms with Gasteiger partial charge in [0.15, 0.2) is 5.82 Å². The molecule has 3 heterocycles. The number of hydrogen-bond acceptors (Lipinski definition) is 4. The monoisotopic (exact) mass is 256 g/mol. The van der Waals surface area contributed by atoms with E-state index in [1.807, 2.05) is 34.8 Å². The van der Waals surface area contributed by atoms with E-state index in [2.05, 4.69) is 27.2 Å². The van der Waals surface area contributed by atoms with Gasteiger partial charge in [-0.2, -0.15) is 0 Å². The molecule has 0 fully saturated rings. The van der Waals surface area contributed by atoms with Gasteiger partial charge in [-0.1, -0.05) is 0 Å². The van der Waals surface area contributed by atoms with Gasteiger partial charge in [0, 0.05) is 38.2 Å². The Morgan fingerprint density at radius 1 is 1.26 bits per heavy atom. The Labute approximate surface area is 111 Å². The van der Waals surface area contributed by atoms with Gasteiger partial charge >= 0.3 is 0 Å². The maximum atomic E-state index is 4.39. The number of hydrogen-bond donors (Lipinski definition) is 1. The van der Waals surface area contributed by atoms with Crippen LogP contribution in [0.1, 0.15) is 6.92 Å². The van der Waals surface area contributed by atoms with Crippen LogP contribution < -0.4 is 5.32 Å². The summed E-state index contributed by atoms with van der Waals surface area (Å²) < 4.78 is 4.03. The molecule has 19 heavy (non-hydrogen) atoms. The van der Waals surface area contributed by atoms with Crippen molar-refractivity contribution < 1.29 is 0 Å². The first kappa shape index (κ1) is 11.7. The van der Waals surface area contributed by atoms with E-state index in [4.69, 9.17) is 0 Å².